The molecule has 0 spiro atoms. The van der Waals surface area contributed by atoms with Gasteiger partial charge in [0.25, 0.3) is 5.56 Å². The summed E-state index contributed by atoms with van der Waals surface area (Å²) in [5.41, 5.74) is 3.97. The summed E-state index contributed by atoms with van der Waals surface area (Å²) in [4.78, 5) is 17.9. The molecule has 1 N–H and O–H groups in total. The van der Waals surface area contributed by atoms with Gasteiger partial charge >= 0.3 is 0 Å². The number of aromatic nitrogens is 4. The van der Waals surface area contributed by atoms with Gasteiger partial charge in [0.15, 0.2) is 5.82 Å². The smallest absolute Gasteiger partial charge is 0.280 e. The lowest BCUT2D eigenvalue weighted by Crippen LogP contribution is -2.21. The van der Waals surface area contributed by atoms with Crippen LogP contribution in [0.15, 0.2) is 77.7 Å². The summed E-state index contributed by atoms with van der Waals surface area (Å²) in [5.74, 6) is -0.926. The highest BCUT2D eigenvalue weighted by Gasteiger charge is 2.24. The van der Waals surface area contributed by atoms with Crippen molar-refractivity contribution in [3.05, 3.63) is 117 Å². The molecule has 0 aliphatic carbocycles. The van der Waals surface area contributed by atoms with E-state index < -0.39 is 17.2 Å². The van der Waals surface area contributed by atoms with E-state index in [2.05, 4.69) is 10.1 Å². The van der Waals surface area contributed by atoms with Crippen LogP contribution in [0.2, 0.25) is 0 Å². The number of aromatic hydroxyl groups is 1. The van der Waals surface area contributed by atoms with Gasteiger partial charge in [-0.25, -0.2) is 8.78 Å². The summed E-state index contributed by atoms with van der Waals surface area (Å²) in [6.45, 7) is 8.06. The van der Waals surface area contributed by atoms with Crippen molar-refractivity contribution in [3.63, 3.8) is 0 Å². The molecular weight excluding hydrogens is 522 g/mol. The highest BCUT2D eigenvalue weighted by molar-refractivity contribution is 5.65. The molecule has 2 heterocycles. The lowest BCUT2D eigenvalue weighted by atomic mass is 9.99. The minimum Gasteiger partial charge on any atom is -0.494 e. The molecule has 0 saturated carbocycles. The van der Waals surface area contributed by atoms with E-state index in [0.29, 0.717) is 35.2 Å². The molecule has 0 aliphatic rings. The number of hydrogen-bond donors (Lipinski definition) is 1. The Hall–Kier alpha value is -4.59. The average Bonchev–Trinajstić information content (AvgIpc) is 3.46. The molecule has 0 amide bonds. The van der Waals surface area contributed by atoms with Crippen LogP contribution in [0, 0.1) is 11.6 Å². The van der Waals surface area contributed by atoms with Crippen LogP contribution in [0.25, 0.3) is 28.3 Å². The van der Waals surface area contributed by atoms with Crippen LogP contribution >= 0.6 is 0 Å². The molecule has 0 unspecified atom stereocenters. The average molecular weight is 555 g/mol. The molecule has 41 heavy (non-hydrogen) atoms. The Kier molecular flexibility index (Phi) is 7.83. The van der Waals surface area contributed by atoms with Gasteiger partial charge in [-0.05, 0) is 73.2 Å². The van der Waals surface area contributed by atoms with Crippen molar-refractivity contribution in [2.75, 3.05) is 0 Å². The third-order valence-electron chi connectivity index (χ3n) is 7.28. The number of halogens is 2. The summed E-state index contributed by atoms with van der Waals surface area (Å²) in [7, 11) is 0. The van der Waals surface area contributed by atoms with Crippen LogP contribution in [0.3, 0.4) is 0 Å². The summed E-state index contributed by atoms with van der Waals surface area (Å²) in [5, 5.41) is 16.4. The predicted molar refractivity (Wildman–Crippen MR) is 156 cm³/mol. The van der Waals surface area contributed by atoms with Crippen molar-refractivity contribution in [2.45, 2.75) is 53.0 Å². The van der Waals surface area contributed by atoms with Gasteiger partial charge < -0.3 is 5.11 Å². The van der Waals surface area contributed by atoms with Gasteiger partial charge in [-0.3, -0.25) is 14.0 Å². The zero-order chi connectivity index (χ0) is 29.3. The molecule has 0 bridgehead atoms. The highest BCUT2D eigenvalue weighted by atomic mass is 19.1. The standard InChI is InChI=1S/C33H32F2N4O2/c1-5-22-8-7-9-23(6-2)30(22)39-31(29-16-17-38(37-29)20(3)4)36-32(40)27(33(39)41)18-21-10-15-26(28(35)19-21)24-11-13-25(34)14-12-24/h7-17,19-20,41H,5-6,18H2,1-4H3. The van der Waals surface area contributed by atoms with E-state index in [1.807, 2.05) is 52.1 Å². The Bertz CT molecular complexity index is 1750. The Balaban J connectivity index is 1.67. The molecule has 3 aromatic carbocycles. The monoisotopic (exact) mass is 554 g/mol. The van der Waals surface area contributed by atoms with Crippen LogP contribution in [-0.2, 0) is 19.3 Å². The van der Waals surface area contributed by atoms with E-state index in [9.17, 15) is 14.3 Å². The Morgan fingerprint density at radius 2 is 1.61 bits per heavy atom. The molecule has 0 saturated heterocycles. The fraction of sp³-hybridized carbons (Fsp3) is 0.242. The molecule has 8 heteroatoms. The Morgan fingerprint density at radius 3 is 2.20 bits per heavy atom. The minimum absolute atomic E-state index is 0.0330. The van der Waals surface area contributed by atoms with E-state index >= 15 is 4.39 Å². The normalized spacial score (nSPS) is 11.4. The fourth-order valence-electron chi connectivity index (χ4n) is 5.07. The minimum atomic E-state index is -0.608. The molecule has 5 aromatic rings. The van der Waals surface area contributed by atoms with Gasteiger partial charge in [-0.1, -0.05) is 56.3 Å². The molecule has 0 atom stereocenters. The second-order valence-corrected chi connectivity index (χ2v) is 10.3. The van der Waals surface area contributed by atoms with Crippen molar-refractivity contribution >= 4 is 0 Å². The van der Waals surface area contributed by atoms with Crippen molar-refractivity contribution in [2.24, 2.45) is 0 Å². The second kappa shape index (κ2) is 11.5. The second-order valence-electron chi connectivity index (χ2n) is 10.3. The third kappa shape index (κ3) is 5.42. The lowest BCUT2D eigenvalue weighted by Gasteiger charge is -2.21. The largest absolute Gasteiger partial charge is 0.494 e. The van der Waals surface area contributed by atoms with Crippen molar-refractivity contribution in [1.82, 2.24) is 19.3 Å². The van der Waals surface area contributed by atoms with Gasteiger partial charge in [0, 0.05) is 24.2 Å². The van der Waals surface area contributed by atoms with E-state index in [0.717, 1.165) is 16.8 Å². The van der Waals surface area contributed by atoms with E-state index in [1.54, 1.807) is 27.4 Å². The van der Waals surface area contributed by atoms with Gasteiger partial charge in [0.05, 0.1) is 11.3 Å². The van der Waals surface area contributed by atoms with Crippen LogP contribution < -0.4 is 5.56 Å². The fourth-order valence-corrected chi connectivity index (χ4v) is 5.07. The first-order valence-corrected chi connectivity index (χ1v) is 13.8. The summed E-state index contributed by atoms with van der Waals surface area (Å²) < 4.78 is 31.9. The number of aryl methyl sites for hydroxylation is 2. The maximum absolute atomic E-state index is 15.2. The van der Waals surface area contributed by atoms with Crippen LogP contribution in [0.5, 0.6) is 5.88 Å². The molecule has 210 valence electrons. The van der Waals surface area contributed by atoms with Gasteiger partial charge in [0.2, 0.25) is 5.88 Å². The van der Waals surface area contributed by atoms with E-state index in [4.69, 9.17) is 0 Å². The first kappa shape index (κ1) is 28.0. The number of para-hydroxylation sites is 1. The highest BCUT2D eigenvalue weighted by Crippen LogP contribution is 2.33. The van der Waals surface area contributed by atoms with E-state index in [1.165, 1.54) is 30.3 Å². The van der Waals surface area contributed by atoms with Gasteiger partial charge in [-0.15, -0.1) is 0 Å². The van der Waals surface area contributed by atoms with E-state index in [-0.39, 0.29) is 29.7 Å². The Labute approximate surface area is 237 Å². The molecule has 0 aliphatic heterocycles. The van der Waals surface area contributed by atoms with Gasteiger partial charge in [-0.2, -0.15) is 10.1 Å². The van der Waals surface area contributed by atoms with Crippen LogP contribution in [-0.4, -0.2) is 24.4 Å². The molecule has 0 fully saturated rings. The molecule has 5 rings (SSSR count). The molecular formula is C33H32F2N4O2. The topological polar surface area (TPSA) is 72.9 Å². The number of hydrogen-bond acceptors (Lipinski definition) is 4. The van der Waals surface area contributed by atoms with Crippen molar-refractivity contribution < 1.29 is 13.9 Å². The lowest BCUT2D eigenvalue weighted by molar-refractivity contribution is 0.428. The maximum Gasteiger partial charge on any atom is 0.280 e. The maximum atomic E-state index is 15.2. The molecule has 0 radical (unpaired) electrons. The predicted octanol–water partition coefficient (Wildman–Crippen LogP) is 7.04. The van der Waals surface area contributed by atoms with Crippen LogP contribution in [0.1, 0.15) is 56.0 Å². The molecule has 2 aromatic heterocycles. The first-order chi connectivity index (χ1) is 19.7. The summed E-state index contributed by atoms with van der Waals surface area (Å²) >= 11 is 0. The quantitative estimate of drug-likeness (QED) is 0.223. The van der Waals surface area contributed by atoms with Crippen LogP contribution in [0.4, 0.5) is 8.78 Å². The number of benzene rings is 3. The SMILES string of the molecule is CCc1cccc(CC)c1-n1c(-c2ccn(C(C)C)n2)nc(=O)c(Cc2ccc(-c3ccc(F)cc3)c(F)c2)c1O. The van der Waals surface area contributed by atoms with Crippen molar-refractivity contribution in [1.29, 1.82) is 0 Å². The summed E-state index contributed by atoms with van der Waals surface area (Å²) in [6, 6.07) is 18.0. The number of nitrogens with zero attached hydrogens (tertiary/aromatic N) is 4. The van der Waals surface area contributed by atoms with Gasteiger partial charge in [0.1, 0.15) is 17.3 Å². The summed E-state index contributed by atoms with van der Waals surface area (Å²) in [6.07, 6.45) is 3.17. The first-order valence-electron chi connectivity index (χ1n) is 13.8. The zero-order valence-electron chi connectivity index (χ0n) is 23.5. The zero-order valence-corrected chi connectivity index (χ0v) is 23.5. The third-order valence-corrected chi connectivity index (χ3v) is 7.28. The van der Waals surface area contributed by atoms with Crippen molar-refractivity contribution in [3.8, 4) is 34.2 Å². The number of rotatable bonds is 8. The Morgan fingerprint density at radius 1 is 0.927 bits per heavy atom. The molecule has 6 nitrogen and oxygen atoms in total.